The van der Waals surface area contributed by atoms with E-state index in [2.05, 4.69) is 27.1 Å². The maximum Gasteiger partial charge on any atom is 0.223 e. The molecule has 0 radical (unpaired) electrons. The van der Waals surface area contributed by atoms with Gasteiger partial charge in [-0.3, -0.25) is 0 Å². The van der Waals surface area contributed by atoms with Crippen molar-refractivity contribution >= 4 is 23.4 Å². The predicted octanol–water partition coefficient (Wildman–Crippen LogP) is 1.86. The molecular formula is C12H20ClN5. The Hall–Kier alpha value is -1.07. The lowest BCUT2D eigenvalue weighted by molar-refractivity contribution is 0.198. The second kappa shape index (κ2) is 6.20. The fraction of sp³-hybridized carbons (Fsp3) is 0.667. The van der Waals surface area contributed by atoms with Crippen LogP contribution in [0.25, 0.3) is 0 Å². The number of anilines is 2. The quantitative estimate of drug-likeness (QED) is 0.817. The van der Waals surface area contributed by atoms with Crippen molar-refractivity contribution in [3.8, 4) is 0 Å². The zero-order chi connectivity index (χ0) is 13.0. The third-order valence-corrected chi connectivity index (χ3v) is 3.63. The summed E-state index contributed by atoms with van der Waals surface area (Å²) < 4.78 is 0. The number of likely N-dealkylation sites (tertiary alicyclic amines) is 1. The number of halogens is 1. The van der Waals surface area contributed by atoms with Crippen LogP contribution in [0.2, 0.25) is 5.15 Å². The van der Waals surface area contributed by atoms with Crippen molar-refractivity contribution in [3.63, 3.8) is 0 Å². The Morgan fingerprint density at radius 2 is 2.17 bits per heavy atom. The van der Waals surface area contributed by atoms with Gasteiger partial charge < -0.3 is 16.0 Å². The van der Waals surface area contributed by atoms with E-state index in [4.69, 9.17) is 17.3 Å². The van der Waals surface area contributed by atoms with E-state index in [0.29, 0.717) is 16.9 Å². The summed E-state index contributed by atoms with van der Waals surface area (Å²) in [5.74, 6) is 1.62. The van der Waals surface area contributed by atoms with E-state index in [1.807, 2.05) is 0 Å². The van der Waals surface area contributed by atoms with Gasteiger partial charge in [0, 0.05) is 12.6 Å². The first-order valence-corrected chi connectivity index (χ1v) is 6.81. The smallest absolute Gasteiger partial charge is 0.223 e. The molecule has 18 heavy (non-hydrogen) atoms. The van der Waals surface area contributed by atoms with Crippen LogP contribution in [0.15, 0.2) is 6.07 Å². The monoisotopic (exact) mass is 269 g/mol. The summed E-state index contributed by atoms with van der Waals surface area (Å²) in [6.45, 7) is 6.66. The van der Waals surface area contributed by atoms with E-state index < -0.39 is 0 Å². The highest BCUT2D eigenvalue weighted by Gasteiger charge is 2.17. The summed E-state index contributed by atoms with van der Waals surface area (Å²) in [5, 5.41) is 3.68. The van der Waals surface area contributed by atoms with Crippen molar-refractivity contribution in [2.45, 2.75) is 19.8 Å². The average Bonchev–Trinajstić information content (AvgIpc) is 2.36. The molecule has 6 heteroatoms. The molecule has 0 atom stereocenters. The number of hydrogen-bond donors (Lipinski definition) is 2. The van der Waals surface area contributed by atoms with Gasteiger partial charge in [0.1, 0.15) is 11.0 Å². The molecule has 0 saturated carbocycles. The minimum atomic E-state index is 0.214. The summed E-state index contributed by atoms with van der Waals surface area (Å²) in [4.78, 5) is 10.4. The van der Waals surface area contributed by atoms with Crippen LogP contribution in [0, 0.1) is 5.92 Å². The zero-order valence-electron chi connectivity index (χ0n) is 10.7. The lowest BCUT2D eigenvalue weighted by atomic mass is 9.97. The number of nitrogen functional groups attached to an aromatic ring is 1. The highest BCUT2D eigenvalue weighted by Crippen LogP contribution is 2.18. The molecule has 1 aliphatic rings. The van der Waals surface area contributed by atoms with Crippen LogP contribution in [0.3, 0.4) is 0 Å². The Kier molecular flexibility index (Phi) is 4.60. The van der Waals surface area contributed by atoms with Gasteiger partial charge in [-0.15, -0.1) is 0 Å². The Bertz CT molecular complexity index is 370. The molecule has 3 N–H and O–H groups in total. The van der Waals surface area contributed by atoms with E-state index in [1.165, 1.54) is 25.9 Å². The highest BCUT2D eigenvalue weighted by atomic mass is 35.5. The molecule has 0 amide bonds. The SMILES string of the molecule is CCN1CCC(CNc2cc(Cl)nc(N)n2)CC1. The first-order chi connectivity index (χ1) is 8.67. The Morgan fingerprint density at radius 1 is 1.44 bits per heavy atom. The first kappa shape index (κ1) is 13.4. The van der Waals surface area contributed by atoms with Crippen LogP contribution in [0.1, 0.15) is 19.8 Å². The van der Waals surface area contributed by atoms with Gasteiger partial charge >= 0.3 is 0 Å². The molecule has 0 aromatic carbocycles. The average molecular weight is 270 g/mol. The van der Waals surface area contributed by atoms with Crippen molar-refractivity contribution in [2.75, 3.05) is 37.2 Å². The Balaban J connectivity index is 1.81. The molecule has 0 bridgehead atoms. The van der Waals surface area contributed by atoms with Gasteiger partial charge in [-0.25, -0.2) is 4.98 Å². The number of hydrogen-bond acceptors (Lipinski definition) is 5. The molecule has 1 aromatic heterocycles. The Morgan fingerprint density at radius 3 is 2.78 bits per heavy atom. The summed E-state index contributed by atoms with van der Waals surface area (Å²) in [6, 6.07) is 1.71. The molecule has 1 aliphatic heterocycles. The van der Waals surface area contributed by atoms with Crippen molar-refractivity contribution in [1.82, 2.24) is 14.9 Å². The van der Waals surface area contributed by atoms with Gasteiger partial charge in [-0.05, 0) is 38.4 Å². The van der Waals surface area contributed by atoms with Gasteiger partial charge in [0.25, 0.3) is 0 Å². The molecule has 1 aromatic rings. The summed E-state index contributed by atoms with van der Waals surface area (Å²) >= 11 is 5.83. The van der Waals surface area contributed by atoms with Crippen LogP contribution in [-0.4, -0.2) is 41.0 Å². The lowest BCUT2D eigenvalue weighted by Crippen LogP contribution is -2.35. The number of rotatable bonds is 4. The van der Waals surface area contributed by atoms with E-state index in [1.54, 1.807) is 6.07 Å². The number of nitrogens with one attached hydrogen (secondary N) is 1. The third-order valence-electron chi connectivity index (χ3n) is 3.44. The van der Waals surface area contributed by atoms with Crippen LogP contribution in [-0.2, 0) is 0 Å². The number of aromatic nitrogens is 2. The third kappa shape index (κ3) is 3.71. The molecule has 100 valence electrons. The van der Waals surface area contributed by atoms with E-state index in [-0.39, 0.29) is 5.95 Å². The molecular weight excluding hydrogens is 250 g/mol. The Labute approximate surface area is 113 Å². The van der Waals surface area contributed by atoms with Crippen molar-refractivity contribution in [2.24, 2.45) is 5.92 Å². The first-order valence-electron chi connectivity index (χ1n) is 6.43. The molecule has 0 aliphatic carbocycles. The molecule has 2 rings (SSSR count). The standard InChI is InChI=1S/C12H20ClN5/c1-2-18-5-3-9(4-6-18)8-15-11-7-10(13)16-12(14)17-11/h7,9H,2-6,8H2,1H3,(H3,14,15,16,17). The number of piperidine rings is 1. The minimum Gasteiger partial charge on any atom is -0.370 e. The summed E-state index contributed by atoms with van der Waals surface area (Å²) in [6.07, 6.45) is 2.46. The van der Waals surface area contributed by atoms with Gasteiger partial charge in [-0.1, -0.05) is 18.5 Å². The van der Waals surface area contributed by atoms with Crippen molar-refractivity contribution in [1.29, 1.82) is 0 Å². The lowest BCUT2D eigenvalue weighted by Gasteiger charge is -2.31. The maximum atomic E-state index is 5.83. The van der Waals surface area contributed by atoms with Crippen molar-refractivity contribution < 1.29 is 0 Å². The fourth-order valence-electron chi connectivity index (χ4n) is 2.28. The molecule has 1 saturated heterocycles. The van der Waals surface area contributed by atoms with Crippen LogP contribution < -0.4 is 11.1 Å². The zero-order valence-corrected chi connectivity index (χ0v) is 11.5. The molecule has 1 fully saturated rings. The molecule has 0 spiro atoms. The highest BCUT2D eigenvalue weighted by molar-refractivity contribution is 6.29. The topological polar surface area (TPSA) is 67.1 Å². The summed E-state index contributed by atoms with van der Waals surface area (Å²) in [7, 11) is 0. The number of nitrogens with zero attached hydrogens (tertiary/aromatic N) is 3. The van der Waals surface area contributed by atoms with Gasteiger partial charge in [0.2, 0.25) is 5.95 Å². The van der Waals surface area contributed by atoms with Crippen LogP contribution >= 0.6 is 11.6 Å². The van der Waals surface area contributed by atoms with Crippen LogP contribution in [0.4, 0.5) is 11.8 Å². The van der Waals surface area contributed by atoms with E-state index in [0.717, 1.165) is 13.1 Å². The van der Waals surface area contributed by atoms with Gasteiger partial charge in [0.05, 0.1) is 0 Å². The second-order valence-corrected chi connectivity index (χ2v) is 5.08. The van der Waals surface area contributed by atoms with Crippen molar-refractivity contribution in [3.05, 3.63) is 11.2 Å². The summed E-state index contributed by atoms with van der Waals surface area (Å²) in [5.41, 5.74) is 5.55. The second-order valence-electron chi connectivity index (χ2n) is 4.69. The number of nitrogens with two attached hydrogens (primary N) is 1. The van der Waals surface area contributed by atoms with E-state index >= 15 is 0 Å². The largest absolute Gasteiger partial charge is 0.370 e. The molecule has 0 unspecified atom stereocenters. The van der Waals surface area contributed by atoms with Crippen LogP contribution in [0.5, 0.6) is 0 Å². The van der Waals surface area contributed by atoms with Gasteiger partial charge in [0.15, 0.2) is 0 Å². The van der Waals surface area contributed by atoms with E-state index in [9.17, 15) is 0 Å². The maximum absolute atomic E-state index is 5.83. The predicted molar refractivity (Wildman–Crippen MR) is 74.8 cm³/mol. The molecule has 5 nitrogen and oxygen atoms in total. The minimum absolute atomic E-state index is 0.214. The fourth-order valence-corrected chi connectivity index (χ4v) is 2.47. The van der Waals surface area contributed by atoms with Gasteiger partial charge in [-0.2, -0.15) is 4.98 Å². The molecule has 2 heterocycles. The normalized spacial score (nSPS) is 17.9.